The first-order valence-electron chi connectivity index (χ1n) is 5.15. The van der Waals surface area contributed by atoms with Crippen molar-refractivity contribution < 1.29 is 9.90 Å². The van der Waals surface area contributed by atoms with E-state index in [-0.39, 0.29) is 11.7 Å². The fourth-order valence-electron chi connectivity index (χ4n) is 1.52. The first-order valence-corrected chi connectivity index (χ1v) is 5.15. The van der Waals surface area contributed by atoms with Gasteiger partial charge in [-0.3, -0.25) is 9.78 Å². The highest BCUT2D eigenvalue weighted by Crippen LogP contribution is 2.16. The largest absolute Gasteiger partial charge is 0.508 e. The summed E-state index contributed by atoms with van der Waals surface area (Å²) in [7, 11) is 1.68. The van der Waals surface area contributed by atoms with Crippen molar-refractivity contribution in [3.63, 3.8) is 0 Å². The van der Waals surface area contributed by atoms with Gasteiger partial charge < -0.3 is 10.0 Å². The van der Waals surface area contributed by atoms with E-state index < -0.39 is 0 Å². The zero-order valence-electron chi connectivity index (χ0n) is 9.37. The van der Waals surface area contributed by atoms with E-state index in [4.69, 9.17) is 0 Å². The number of phenols is 1. The van der Waals surface area contributed by atoms with Gasteiger partial charge in [-0.05, 0) is 30.3 Å². The van der Waals surface area contributed by atoms with Crippen molar-refractivity contribution in [1.82, 2.24) is 4.98 Å². The van der Waals surface area contributed by atoms with Gasteiger partial charge in [-0.25, -0.2) is 0 Å². The molecule has 0 unspecified atom stereocenters. The molecule has 1 heterocycles. The fraction of sp³-hybridized carbons (Fsp3) is 0.0769. The van der Waals surface area contributed by atoms with E-state index in [2.05, 4.69) is 4.98 Å². The third kappa shape index (κ3) is 2.42. The third-order valence-electron chi connectivity index (χ3n) is 2.45. The molecule has 1 aromatic carbocycles. The molecule has 17 heavy (non-hydrogen) atoms. The molecule has 4 heteroatoms. The lowest BCUT2D eigenvalue weighted by molar-refractivity contribution is 0.0992. The Morgan fingerprint density at radius 3 is 2.59 bits per heavy atom. The number of rotatable bonds is 2. The molecule has 0 bridgehead atoms. The van der Waals surface area contributed by atoms with Crippen molar-refractivity contribution in [3.05, 3.63) is 54.4 Å². The van der Waals surface area contributed by atoms with Crippen molar-refractivity contribution in [2.75, 3.05) is 11.9 Å². The lowest BCUT2D eigenvalue weighted by Gasteiger charge is -2.17. The molecule has 0 aliphatic rings. The van der Waals surface area contributed by atoms with Gasteiger partial charge in [-0.15, -0.1) is 0 Å². The minimum atomic E-state index is -0.174. The van der Waals surface area contributed by atoms with Crippen LogP contribution < -0.4 is 4.90 Å². The number of pyridine rings is 1. The predicted octanol–water partition coefficient (Wildman–Crippen LogP) is 2.06. The number of anilines is 1. The van der Waals surface area contributed by atoms with Gasteiger partial charge in [0.05, 0.1) is 0 Å². The molecule has 1 N–H and O–H groups in total. The van der Waals surface area contributed by atoms with Crippen molar-refractivity contribution in [3.8, 4) is 5.75 Å². The highest BCUT2D eigenvalue weighted by atomic mass is 16.3. The summed E-state index contributed by atoms with van der Waals surface area (Å²) in [4.78, 5) is 17.5. The lowest BCUT2D eigenvalue weighted by Crippen LogP contribution is -2.26. The van der Waals surface area contributed by atoms with Crippen LogP contribution in [0.1, 0.15) is 10.4 Å². The Labute approximate surface area is 99.2 Å². The highest BCUT2D eigenvalue weighted by Gasteiger charge is 2.13. The summed E-state index contributed by atoms with van der Waals surface area (Å²) < 4.78 is 0. The second kappa shape index (κ2) is 4.65. The van der Waals surface area contributed by atoms with Crippen LogP contribution in [0.3, 0.4) is 0 Å². The van der Waals surface area contributed by atoms with E-state index in [1.165, 1.54) is 17.0 Å². The van der Waals surface area contributed by atoms with Gasteiger partial charge in [-0.1, -0.05) is 6.07 Å². The first-order chi connectivity index (χ1) is 8.18. The van der Waals surface area contributed by atoms with E-state index in [9.17, 15) is 9.90 Å². The minimum absolute atomic E-state index is 0.0824. The Kier molecular flexibility index (Phi) is 3.05. The normalized spacial score (nSPS) is 9.94. The molecular formula is C13H12N2O2. The predicted molar refractivity (Wildman–Crippen MR) is 65.1 cm³/mol. The second-order valence-corrected chi connectivity index (χ2v) is 3.62. The number of phenolic OH excluding ortho intramolecular Hbond substituents is 1. The Morgan fingerprint density at radius 2 is 1.94 bits per heavy atom. The van der Waals surface area contributed by atoms with Crippen molar-refractivity contribution in [2.24, 2.45) is 0 Å². The number of aromatic hydroxyl groups is 1. The molecule has 0 radical (unpaired) electrons. The number of hydrogen-bond acceptors (Lipinski definition) is 3. The van der Waals surface area contributed by atoms with Gasteiger partial charge in [0.25, 0.3) is 5.91 Å². The minimum Gasteiger partial charge on any atom is -0.508 e. The summed E-state index contributed by atoms with van der Waals surface area (Å²) in [5.74, 6) is -0.0916. The maximum atomic E-state index is 12.1. The molecule has 0 atom stereocenters. The molecule has 0 saturated carbocycles. The average molecular weight is 228 g/mol. The van der Waals surface area contributed by atoms with Crippen LogP contribution in [0.25, 0.3) is 0 Å². The number of benzene rings is 1. The molecule has 0 fully saturated rings. The summed E-state index contributed by atoms with van der Waals surface area (Å²) in [6.45, 7) is 0. The second-order valence-electron chi connectivity index (χ2n) is 3.62. The monoisotopic (exact) mass is 228 g/mol. The smallest absolute Gasteiger partial charge is 0.258 e. The summed E-state index contributed by atoms with van der Waals surface area (Å²) in [6.07, 6.45) is 3.25. The number of carbonyl (C=O) groups excluding carboxylic acids is 1. The molecule has 86 valence electrons. The lowest BCUT2D eigenvalue weighted by atomic mass is 10.2. The summed E-state index contributed by atoms with van der Waals surface area (Å²) in [5, 5.41) is 9.33. The van der Waals surface area contributed by atoms with Crippen LogP contribution in [0.15, 0.2) is 48.8 Å². The van der Waals surface area contributed by atoms with Crippen LogP contribution >= 0.6 is 0 Å². The van der Waals surface area contributed by atoms with E-state index in [0.717, 1.165) is 5.69 Å². The van der Waals surface area contributed by atoms with Crippen LogP contribution in [0.2, 0.25) is 0 Å². The van der Waals surface area contributed by atoms with Crippen LogP contribution in [-0.4, -0.2) is 23.0 Å². The van der Waals surface area contributed by atoms with Crippen molar-refractivity contribution in [2.45, 2.75) is 0 Å². The maximum absolute atomic E-state index is 12.1. The van der Waals surface area contributed by atoms with Gasteiger partial charge in [0, 0.05) is 30.7 Å². The fourth-order valence-corrected chi connectivity index (χ4v) is 1.52. The zero-order chi connectivity index (χ0) is 12.3. The number of carbonyl (C=O) groups is 1. The van der Waals surface area contributed by atoms with Gasteiger partial charge >= 0.3 is 0 Å². The number of hydrogen-bond donors (Lipinski definition) is 1. The molecule has 0 aliphatic carbocycles. The van der Waals surface area contributed by atoms with Crippen molar-refractivity contribution >= 4 is 11.6 Å². The average Bonchev–Trinajstić information content (AvgIpc) is 2.38. The molecule has 0 aliphatic heterocycles. The van der Waals surface area contributed by atoms with Gasteiger partial charge in [0.2, 0.25) is 0 Å². The molecule has 0 saturated heterocycles. The molecule has 1 aromatic heterocycles. The first kappa shape index (κ1) is 11.1. The Bertz CT molecular complexity index is 526. The number of aromatic nitrogens is 1. The molecule has 2 rings (SSSR count). The quantitative estimate of drug-likeness (QED) is 0.856. The van der Waals surface area contributed by atoms with Crippen LogP contribution in [0.5, 0.6) is 5.75 Å². The number of amides is 1. The summed E-state index contributed by atoms with van der Waals surface area (Å²) in [5.41, 5.74) is 1.21. The number of nitrogens with zero attached hydrogens (tertiary/aromatic N) is 2. The maximum Gasteiger partial charge on any atom is 0.258 e. The van der Waals surface area contributed by atoms with Crippen LogP contribution in [0, 0.1) is 0 Å². The van der Waals surface area contributed by atoms with Gasteiger partial charge in [0.15, 0.2) is 0 Å². The third-order valence-corrected chi connectivity index (χ3v) is 2.45. The van der Waals surface area contributed by atoms with Crippen LogP contribution in [0.4, 0.5) is 5.69 Å². The highest BCUT2D eigenvalue weighted by molar-refractivity contribution is 6.05. The van der Waals surface area contributed by atoms with E-state index >= 15 is 0 Å². The Morgan fingerprint density at radius 1 is 1.24 bits per heavy atom. The Hall–Kier alpha value is -2.36. The molecule has 0 spiro atoms. The standard InChI is InChI=1S/C13H12N2O2/c1-15(11-5-7-14-8-6-11)13(17)10-3-2-4-12(16)9-10/h2-9,16H,1H3. The molecule has 4 nitrogen and oxygen atoms in total. The van der Waals surface area contributed by atoms with Crippen molar-refractivity contribution in [1.29, 1.82) is 0 Å². The van der Waals surface area contributed by atoms with Gasteiger partial charge in [0.1, 0.15) is 5.75 Å². The summed E-state index contributed by atoms with van der Waals surface area (Å²) in [6, 6.07) is 9.79. The SMILES string of the molecule is CN(C(=O)c1cccc(O)c1)c1ccncc1. The van der Waals surface area contributed by atoms with Gasteiger partial charge in [-0.2, -0.15) is 0 Å². The van der Waals surface area contributed by atoms with Crippen LogP contribution in [-0.2, 0) is 0 Å². The van der Waals surface area contributed by atoms with E-state index in [1.54, 1.807) is 43.7 Å². The Balaban J connectivity index is 2.27. The molecule has 1 amide bonds. The molecule has 2 aromatic rings. The van der Waals surface area contributed by atoms with E-state index in [0.29, 0.717) is 5.56 Å². The topological polar surface area (TPSA) is 53.4 Å². The van der Waals surface area contributed by atoms with E-state index in [1.807, 2.05) is 0 Å². The summed E-state index contributed by atoms with van der Waals surface area (Å²) >= 11 is 0. The molecular weight excluding hydrogens is 216 g/mol. The zero-order valence-corrected chi connectivity index (χ0v) is 9.37.